The second-order valence-corrected chi connectivity index (χ2v) is 6.42. The van der Waals surface area contributed by atoms with Gasteiger partial charge in [0.05, 0.1) is 19.6 Å². The van der Waals surface area contributed by atoms with Gasteiger partial charge in [-0.05, 0) is 49.4 Å². The number of methoxy groups -OCH3 is 1. The molecule has 1 aliphatic carbocycles. The summed E-state index contributed by atoms with van der Waals surface area (Å²) in [5.41, 5.74) is 2.28. The van der Waals surface area contributed by atoms with E-state index in [9.17, 15) is 4.79 Å². The molecule has 0 saturated heterocycles. The van der Waals surface area contributed by atoms with Crippen LogP contribution in [0, 0.1) is 24.2 Å². The maximum absolute atomic E-state index is 12.8. The Morgan fingerprint density at radius 2 is 2.24 bits per heavy atom. The van der Waals surface area contributed by atoms with Crippen molar-refractivity contribution >= 4 is 5.91 Å². The summed E-state index contributed by atoms with van der Waals surface area (Å²) < 4.78 is 7.06. The number of carbonyl (C=O) groups excluding carboxylic acids is 1. The van der Waals surface area contributed by atoms with E-state index in [1.54, 1.807) is 29.0 Å². The Balaban J connectivity index is 1.83. The number of rotatable bonds is 7. The minimum atomic E-state index is -0.118. The smallest absolute Gasteiger partial charge is 0.274 e. The molecule has 2 aromatic rings. The summed E-state index contributed by atoms with van der Waals surface area (Å²) in [5, 5.41) is 13.3. The molecule has 0 N–H and O–H groups in total. The highest BCUT2D eigenvalue weighted by Crippen LogP contribution is 2.30. The first-order valence-electron chi connectivity index (χ1n) is 8.49. The van der Waals surface area contributed by atoms with Gasteiger partial charge in [0.2, 0.25) is 0 Å². The minimum absolute atomic E-state index is 0.118. The van der Waals surface area contributed by atoms with Crippen LogP contribution in [0.15, 0.2) is 30.5 Å². The van der Waals surface area contributed by atoms with Crippen molar-refractivity contribution in [1.82, 2.24) is 14.7 Å². The summed E-state index contributed by atoms with van der Waals surface area (Å²) in [6.07, 6.45) is 4.42. The zero-order chi connectivity index (χ0) is 17.8. The van der Waals surface area contributed by atoms with Crippen LogP contribution in [0.4, 0.5) is 0 Å². The first-order chi connectivity index (χ1) is 12.1. The summed E-state index contributed by atoms with van der Waals surface area (Å²) in [6.45, 7) is 3.16. The normalized spacial score (nSPS) is 13.3. The fourth-order valence-corrected chi connectivity index (χ4v) is 2.79. The number of carbonyl (C=O) groups is 1. The molecule has 0 unspecified atom stereocenters. The number of hydrogen-bond acceptors (Lipinski definition) is 4. The fraction of sp³-hybridized carbons (Fsp3) is 0.421. The number of benzene rings is 1. The predicted molar refractivity (Wildman–Crippen MR) is 93.7 cm³/mol. The molecule has 0 aliphatic heterocycles. The van der Waals surface area contributed by atoms with E-state index < -0.39 is 0 Å². The molecule has 1 aliphatic rings. The van der Waals surface area contributed by atoms with E-state index in [4.69, 9.17) is 10.00 Å². The molecule has 1 amide bonds. The summed E-state index contributed by atoms with van der Waals surface area (Å²) in [4.78, 5) is 14.5. The second kappa shape index (κ2) is 7.39. The lowest BCUT2D eigenvalue weighted by molar-refractivity contribution is 0.0745. The Morgan fingerprint density at radius 3 is 2.92 bits per heavy atom. The maximum atomic E-state index is 12.8. The van der Waals surface area contributed by atoms with Gasteiger partial charge in [0.15, 0.2) is 5.69 Å². The zero-order valence-electron chi connectivity index (χ0n) is 14.6. The van der Waals surface area contributed by atoms with Crippen LogP contribution in [-0.4, -0.2) is 40.8 Å². The van der Waals surface area contributed by atoms with E-state index in [1.807, 2.05) is 25.1 Å². The van der Waals surface area contributed by atoms with Crippen molar-refractivity contribution in [3.8, 4) is 17.5 Å². The molecule has 25 heavy (non-hydrogen) atoms. The SMILES string of the molecule is COc1ccc(C)cc1-n1ccc(C(=O)N(CCC#N)CC2CC2)n1. The van der Waals surface area contributed by atoms with Crippen molar-refractivity contribution in [3.63, 3.8) is 0 Å². The van der Waals surface area contributed by atoms with Crippen LogP contribution in [0.5, 0.6) is 5.75 Å². The molecule has 0 spiro atoms. The highest BCUT2D eigenvalue weighted by molar-refractivity contribution is 5.92. The number of amides is 1. The molecule has 130 valence electrons. The molecular weight excluding hydrogens is 316 g/mol. The monoisotopic (exact) mass is 338 g/mol. The van der Waals surface area contributed by atoms with Crippen molar-refractivity contribution < 1.29 is 9.53 Å². The molecule has 1 saturated carbocycles. The molecule has 3 rings (SSSR count). The van der Waals surface area contributed by atoms with Gasteiger partial charge in [-0.3, -0.25) is 4.79 Å². The van der Waals surface area contributed by atoms with E-state index in [1.165, 1.54) is 0 Å². The quantitative estimate of drug-likeness (QED) is 0.778. The number of nitriles is 1. The van der Waals surface area contributed by atoms with Gasteiger partial charge in [0.1, 0.15) is 11.4 Å². The maximum Gasteiger partial charge on any atom is 0.274 e. The lowest BCUT2D eigenvalue weighted by Gasteiger charge is -2.20. The Bertz CT molecular complexity index is 802. The van der Waals surface area contributed by atoms with Crippen LogP contribution in [0.2, 0.25) is 0 Å². The molecular formula is C19H22N4O2. The second-order valence-electron chi connectivity index (χ2n) is 6.42. The number of nitrogens with zero attached hydrogens (tertiary/aromatic N) is 4. The zero-order valence-corrected chi connectivity index (χ0v) is 14.6. The van der Waals surface area contributed by atoms with Crippen molar-refractivity contribution in [2.24, 2.45) is 5.92 Å². The summed E-state index contributed by atoms with van der Waals surface area (Å²) >= 11 is 0. The van der Waals surface area contributed by atoms with Crippen LogP contribution in [-0.2, 0) is 0 Å². The molecule has 6 nitrogen and oxygen atoms in total. The van der Waals surface area contributed by atoms with Gasteiger partial charge in [-0.1, -0.05) is 6.07 Å². The first kappa shape index (κ1) is 17.0. The van der Waals surface area contributed by atoms with Gasteiger partial charge in [-0.15, -0.1) is 0 Å². The predicted octanol–water partition coefficient (Wildman–Crippen LogP) is 2.96. The van der Waals surface area contributed by atoms with Crippen LogP contribution >= 0.6 is 0 Å². The Hall–Kier alpha value is -2.81. The number of aromatic nitrogens is 2. The standard InChI is InChI=1S/C19H22N4O2/c1-14-4-7-18(25-2)17(12-14)23-11-8-16(21-23)19(24)22(10-3-9-20)13-15-5-6-15/h4,7-8,11-12,15H,3,5-6,10,13H2,1-2H3. The Kier molecular flexibility index (Phi) is 5.03. The van der Waals surface area contributed by atoms with Crippen LogP contribution in [0.25, 0.3) is 5.69 Å². The highest BCUT2D eigenvalue weighted by Gasteiger charge is 2.28. The molecule has 6 heteroatoms. The van der Waals surface area contributed by atoms with Gasteiger partial charge < -0.3 is 9.64 Å². The van der Waals surface area contributed by atoms with Crippen molar-refractivity contribution in [2.75, 3.05) is 20.2 Å². The van der Waals surface area contributed by atoms with E-state index >= 15 is 0 Å². The Labute approximate surface area is 147 Å². The average molecular weight is 338 g/mol. The third-order valence-corrected chi connectivity index (χ3v) is 4.35. The largest absolute Gasteiger partial charge is 0.494 e. The van der Waals surface area contributed by atoms with Gasteiger partial charge in [0, 0.05) is 19.3 Å². The summed E-state index contributed by atoms with van der Waals surface area (Å²) in [7, 11) is 1.61. The molecule has 1 fully saturated rings. The van der Waals surface area contributed by atoms with Crippen molar-refractivity contribution in [2.45, 2.75) is 26.2 Å². The highest BCUT2D eigenvalue weighted by atomic mass is 16.5. The first-order valence-corrected chi connectivity index (χ1v) is 8.49. The third-order valence-electron chi connectivity index (χ3n) is 4.35. The van der Waals surface area contributed by atoms with Crippen molar-refractivity contribution in [3.05, 3.63) is 41.7 Å². The van der Waals surface area contributed by atoms with E-state index in [-0.39, 0.29) is 5.91 Å². The lowest BCUT2D eigenvalue weighted by atomic mass is 10.2. The van der Waals surface area contributed by atoms with Crippen LogP contribution in [0.3, 0.4) is 0 Å². The molecule has 0 atom stereocenters. The van der Waals surface area contributed by atoms with Crippen LogP contribution < -0.4 is 4.74 Å². The van der Waals surface area contributed by atoms with Crippen molar-refractivity contribution in [1.29, 1.82) is 5.26 Å². The van der Waals surface area contributed by atoms with Gasteiger partial charge >= 0.3 is 0 Å². The third kappa shape index (κ3) is 4.00. The number of aryl methyl sites for hydroxylation is 1. The lowest BCUT2D eigenvalue weighted by Crippen LogP contribution is -2.34. The average Bonchev–Trinajstić information content (AvgIpc) is 3.30. The molecule has 1 heterocycles. The topological polar surface area (TPSA) is 71.2 Å². The summed E-state index contributed by atoms with van der Waals surface area (Å²) in [5.74, 6) is 1.15. The number of hydrogen-bond donors (Lipinski definition) is 0. The minimum Gasteiger partial charge on any atom is -0.494 e. The molecule has 0 radical (unpaired) electrons. The summed E-state index contributed by atoms with van der Waals surface area (Å²) in [6, 6.07) is 9.66. The molecule has 0 bridgehead atoms. The Morgan fingerprint density at radius 1 is 1.44 bits per heavy atom. The van der Waals surface area contributed by atoms with Gasteiger partial charge in [-0.25, -0.2) is 4.68 Å². The van der Waals surface area contributed by atoms with E-state index in [0.29, 0.717) is 36.9 Å². The molecule has 1 aromatic carbocycles. The van der Waals surface area contributed by atoms with E-state index in [0.717, 1.165) is 24.1 Å². The van der Waals surface area contributed by atoms with Gasteiger partial charge in [-0.2, -0.15) is 10.4 Å². The number of ether oxygens (including phenoxy) is 1. The molecule has 1 aromatic heterocycles. The van der Waals surface area contributed by atoms with Crippen LogP contribution in [0.1, 0.15) is 35.3 Å². The van der Waals surface area contributed by atoms with E-state index in [2.05, 4.69) is 11.2 Å². The van der Waals surface area contributed by atoms with Gasteiger partial charge in [0.25, 0.3) is 5.91 Å². The fourth-order valence-electron chi connectivity index (χ4n) is 2.79.